The number of aromatic nitrogens is 2. The van der Waals surface area contributed by atoms with Crippen LogP contribution in [0.1, 0.15) is 35.5 Å². The summed E-state index contributed by atoms with van der Waals surface area (Å²) in [4.78, 5) is 0. The van der Waals surface area contributed by atoms with Gasteiger partial charge in [0.25, 0.3) is 0 Å². The van der Waals surface area contributed by atoms with E-state index in [1.165, 1.54) is 12.1 Å². The minimum absolute atomic E-state index is 0.410. The molecule has 2 rings (SSSR count). The Morgan fingerprint density at radius 2 is 1.85 bits per heavy atom. The van der Waals surface area contributed by atoms with Crippen LogP contribution in [0.2, 0.25) is 0 Å². The van der Waals surface area contributed by atoms with Crippen LogP contribution < -0.4 is 0 Å². The van der Waals surface area contributed by atoms with Crippen molar-refractivity contribution in [2.75, 3.05) is 0 Å². The van der Waals surface area contributed by atoms with Crippen LogP contribution in [0.15, 0.2) is 30.3 Å². The van der Waals surface area contributed by atoms with Gasteiger partial charge in [0, 0.05) is 6.54 Å². The molecule has 0 amide bonds. The van der Waals surface area contributed by atoms with Crippen molar-refractivity contribution in [1.29, 1.82) is 0 Å². The first-order valence-corrected chi connectivity index (χ1v) is 6.22. The van der Waals surface area contributed by atoms with Crippen molar-refractivity contribution in [3.05, 3.63) is 52.8 Å². The highest BCUT2D eigenvalue weighted by Gasteiger charge is 2.30. The number of aliphatic hydroxyl groups excluding tert-OH is 1. The third kappa shape index (κ3) is 2.85. The van der Waals surface area contributed by atoms with Gasteiger partial charge in [-0.25, -0.2) is 0 Å². The molecule has 6 heteroatoms. The Morgan fingerprint density at radius 1 is 1.25 bits per heavy atom. The van der Waals surface area contributed by atoms with Crippen LogP contribution in [0, 0.1) is 6.92 Å². The van der Waals surface area contributed by atoms with E-state index >= 15 is 0 Å². The molecule has 0 radical (unpaired) electrons. The molecule has 0 aliphatic heterocycles. The number of hydrogen-bond donors (Lipinski definition) is 1. The molecule has 3 nitrogen and oxygen atoms in total. The lowest BCUT2D eigenvalue weighted by molar-refractivity contribution is -0.137. The maximum Gasteiger partial charge on any atom is 0.416 e. The van der Waals surface area contributed by atoms with Crippen molar-refractivity contribution in [2.24, 2.45) is 0 Å². The minimum Gasteiger partial charge on any atom is -0.382 e. The van der Waals surface area contributed by atoms with E-state index < -0.39 is 17.8 Å². The lowest BCUT2D eigenvalue weighted by Crippen LogP contribution is -2.10. The molecule has 20 heavy (non-hydrogen) atoms. The Hall–Kier alpha value is -1.82. The second-order valence-corrected chi connectivity index (χ2v) is 4.55. The molecule has 0 fully saturated rings. The zero-order valence-electron chi connectivity index (χ0n) is 11.1. The largest absolute Gasteiger partial charge is 0.416 e. The predicted molar refractivity (Wildman–Crippen MR) is 68.1 cm³/mol. The first-order valence-electron chi connectivity index (χ1n) is 6.22. The van der Waals surface area contributed by atoms with Crippen molar-refractivity contribution >= 4 is 0 Å². The molecule has 0 saturated heterocycles. The molecule has 108 valence electrons. The predicted octanol–water partition coefficient (Wildman–Crippen LogP) is 3.31. The highest BCUT2D eigenvalue weighted by molar-refractivity contribution is 5.30. The summed E-state index contributed by atoms with van der Waals surface area (Å²) in [6.07, 6.45) is -5.36. The van der Waals surface area contributed by atoms with Crippen molar-refractivity contribution in [3.63, 3.8) is 0 Å². The zero-order valence-corrected chi connectivity index (χ0v) is 11.1. The zero-order chi connectivity index (χ0) is 14.9. The molecule has 0 saturated carbocycles. The van der Waals surface area contributed by atoms with E-state index in [1.54, 1.807) is 17.7 Å². The van der Waals surface area contributed by atoms with Crippen molar-refractivity contribution in [2.45, 2.75) is 32.7 Å². The van der Waals surface area contributed by atoms with Crippen LogP contribution in [-0.2, 0) is 12.7 Å². The highest BCUT2D eigenvalue weighted by atomic mass is 19.4. The molecule has 1 unspecified atom stereocenters. The fourth-order valence-corrected chi connectivity index (χ4v) is 2.06. The van der Waals surface area contributed by atoms with Crippen molar-refractivity contribution < 1.29 is 18.3 Å². The molecule has 0 bridgehead atoms. The third-order valence-corrected chi connectivity index (χ3v) is 3.07. The van der Waals surface area contributed by atoms with E-state index in [-0.39, 0.29) is 0 Å². The first kappa shape index (κ1) is 14.6. The SMILES string of the molecule is CCn1nc(C)cc1C(O)c1ccc(C(F)(F)F)cc1. The molecule has 2 aromatic rings. The Morgan fingerprint density at radius 3 is 2.35 bits per heavy atom. The van der Waals surface area contributed by atoms with Gasteiger partial charge in [-0.3, -0.25) is 4.68 Å². The van der Waals surface area contributed by atoms with Gasteiger partial charge in [0.2, 0.25) is 0 Å². The number of nitrogens with zero attached hydrogens (tertiary/aromatic N) is 2. The normalized spacial score (nSPS) is 13.5. The molecule has 0 spiro atoms. The summed E-state index contributed by atoms with van der Waals surface area (Å²) in [5.41, 5.74) is 1.01. The lowest BCUT2D eigenvalue weighted by atomic mass is 10.0. The Bertz CT molecular complexity index is 587. The van der Waals surface area contributed by atoms with Crippen LogP contribution in [0.5, 0.6) is 0 Å². The van der Waals surface area contributed by atoms with Gasteiger partial charge in [0.15, 0.2) is 0 Å². The maximum atomic E-state index is 12.5. The number of benzene rings is 1. The molecule has 1 N–H and O–H groups in total. The fraction of sp³-hybridized carbons (Fsp3) is 0.357. The lowest BCUT2D eigenvalue weighted by Gasteiger charge is -2.14. The number of aliphatic hydroxyl groups is 1. The number of alkyl halides is 3. The molecular formula is C14H15F3N2O. The average molecular weight is 284 g/mol. The van der Waals surface area contributed by atoms with Crippen molar-refractivity contribution in [1.82, 2.24) is 9.78 Å². The van der Waals surface area contributed by atoms with Gasteiger partial charge in [-0.05, 0) is 37.6 Å². The standard InChI is InChI=1S/C14H15F3N2O/c1-3-19-12(8-9(2)18-19)13(20)10-4-6-11(7-5-10)14(15,16)17/h4-8,13,20H,3H2,1-2H3. The van der Waals surface area contributed by atoms with Crippen LogP contribution in [-0.4, -0.2) is 14.9 Å². The average Bonchev–Trinajstić information content (AvgIpc) is 2.78. The van der Waals surface area contributed by atoms with Crippen LogP contribution in [0.3, 0.4) is 0 Å². The molecule has 0 aliphatic rings. The molecule has 1 aromatic carbocycles. The molecule has 1 atom stereocenters. The Kier molecular flexibility index (Phi) is 3.85. The summed E-state index contributed by atoms with van der Waals surface area (Å²) in [6, 6.07) is 6.24. The van der Waals surface area contributed by atoms with Gasteiger partial charge in [-0.15, -0.1) is 0 Å². The summed E-state index contributed by atoms with van der Waals surface area (Å²) in [6.45, 7) is 4.27. The summed E-state index contributed by atoms with van der Waals surface area (Å²) in [5.74, 6) is 0. The van der Waals surface area contributed by atoms with Gasteiger partial charge in [-0.2, -0.15) is 18.3 Å². The highest BCUT2D eigenvalue weighted by Crippen LogP contribution is 2.31. The number of aryl methyl sites for hydroxylation is 2. The quantitative estimate of drug-likeness (QED) is 0.939. The van der Waals surface area contributed by atoms with E-state index in [9.17, 15) is 18.3 Å². The van der Waals surface area contributed by atoms with E-state index in [0.717, 1.165) is 17.8 Å². The van der Waals surface area contributed by atoms with E-state index in [2.05, 4.69) is 5.10 Å². The van der Waals surface area contributed by atoms with Gasteiger partial charge < -0.3 is 5.11 Å². The third-order valence-electron chi connectivity index (χ3n) is 3.07. The Balaban J connectivity index is 2.31. The summed E-state index contributed by atoms with van der Waals surface area (Å²) in [7, 11) is 0. The molecular weight excluding hydrogens is 269 g/mol. The number of rotatable bonds is 3. The van der Waals surface area contributed by atoms with E-state index in [1.807, 2.05) is 6.92 Å². The smallest absolute Gasteiger partial charge is 0.382 e. The monoisotopic (exact) mass is 284 g/mol. The van der Waals surface area contributed by atoms with Crippen LogP contribution in [0.25, 0.3) is 0 Å². The van der Waals surface area contributed by atoms with Crippen molar-refractivity contribution in [3.8, 4) is 0 Å². The van der Waals surface area contributed by atoms with Crippen LogP contribution in [0.4, 0.5) is 13.2 Å². The Labute approximate surface area is 114 Å². The van der Waals surface area contributed by atoms with Gasteiger partial charge in [-0.1, -0.05) is 12.1 Å². The summed E-state index contributed by atoms with van der Waals surface area (Å²) >= 11 is 0. The van der Waals surface area contributed by atoms with E-state index in [4.69, 9.17) is 0 Å². The second kappa shape index (κ2) is 5.28. The summed E-state index contributed by atoms with van der Waals surface area (Å²) < 4.78 is 39.1. The molecule has 0 aliphatic carbocycles. The summed E-state index contributed by atoms with van der Waals surface area (Å²) in [5, 5.41) is 14.5. The first-order chi connectivity index (χ1) is 9.32. The van der Waals surface area contributed by atoms with E-state index in [0.29, 0.717) is 17.8 Å². The van der Waals surface area contributed by atoms with Gasteiger partial charge in [0.05, 0.1) is 17.0 Å². The topological polar surface area (TPSA) is 38.0 Å². The molecule has 1 aromatic heterocycles. The van der Waals surface area contributed by atoms with Gasteiger partial charge >= 0.3 is 6.18 Å². The fourth-order valence-electron chi connectivity index (χ4n) is 2.06. The minimum atomic E-state index is -4.37. The van der Waals surface area contributed by atoms with Crippen LogP contribution >= 0.6 is 0 Å². The van der Waals surface area contributed by atoms with Gasteiger partial charge in [0.1, 0.15) is 6.10 Å². The second-order valence-electron chi connectivity index (χ2n) is 4.55. The number of halogens is 3. The maximum absolute atomic E-state index is 12.5. The molecule has 1 heterocycles. The number of hydrogen-bond acceptors (Lipinski definition) is 2.